The number of rotatable bonds is 3. The third-order valence-corrected chi connectivity index (χ3v) is 2.01. The summed E-state index contributed by atoms with van der Waals surface area (Å²) >= 11 is 0. The van der Waals surface area contributed by atoms with Crippen LogP contribution in [0.5, 0.6) is 0 Å². The average Bonchev–Trinajstić information content (AvgIpc) is 1.99. The van der Waals surface area contributed by atoms with Gasteiger partial charge in [-0.05, 0) is 20.8 Å². The molecule has 0 saturated carbocycles. The topological polar surface area (TPSA) is 97.1 Å². The fraction of sp³-hybridized carbons (Fsp3) is 0.889. The molecule has 0 spiro atoms. The van der Waals surface area contributed by atoms with Crippen LogP contribution in [-0.2, 0) is 9.53 Å². The summed E-state index contributed by atoms with van der Waals surface area (Å²) in [7, 11) is 0. The van der Waals surface area contributed by atoms with Crippen molar-refractivity contribution in [2.75, 3.05) is 0 Å². The Kier molecular flexibility index (Phi) is 5.96. The van der Waals surface area contributed by atoms with Crippen LogP contribution >= 0.6 is 0 Å². The zero-order chi connectivity index (χ0) is 12.4. The van der Waals surface area contributed by atoms with Gasteiger partial charge in [0.1, 0.15) is 5.60 Å². The van der Waals surface area contributed by atoms with Gasteiger partial charge in [0, 0.05) is 18.8 Å². The number of ether oxygens (including phenoxy) is 1. The van der Waals surface area contributed by atoms with E-state index in [-0.39, 0.29) is 12.4 Å². The zero-order valence-corrected chi connectivity index (χ0v) is 11.0. The number of nitrogens with zero attached hydrogens (tertiary/aromatic N) is 1. The normalized spacial score (nSPS) is 13.6. The van der Waals surface area contributed by atoms with E-state index in [1.165, 1.54) is 13.8 Å². The van der Waals surface area contributed by atoms with Crippen molar-refractivity contribution in [3.8, 4) is 0 Å². The largest absolute Gasteiger partial charge is 1.00 e. The third-order valence-electron chi connectivity index (χ3n) is 2.01. The van der Waals surface area contributed by atoms with Crippen LogP contribution in [-0.4, -0.2) is 28.1 Å². The Hall–Kier alpha value is -0.880. The van der Waals surface area contributed by atoms with Crippen molar-refractivity contribution in [1.82, 2.24) is 0 Å². The first-order valence-corrected chi connectivity index (χ1v) is 4.69. The van der Waals surface area contributed by atoms with E-state index in [1.54, 1.807) is 20.8 Å². The highest BCUT2D eigenvalue weighted by Gasteiger charge is 2.48. The van der Waals surface area contributed by atoms with Crippen LogP contribution in [0.1, 0.15) is 34.6 Å². The minimum atomic E-state index is -1.41. The average molecular weight is 255 g/mol. The van der Waals surface area contributed by atoms with Gasteiger partial charge >= 0.3 is 5.97 Å². The van der Waals surface area contributed by atoms with Crippen molar-refractivity contribution in [2.45, 2.75) is 51.8 Å². The van der Waals surface area contributed by atoms with Gasteiger partial charge in [0.2, 0.25) is 0 Å². The Balaban J connectivity index is 0. The summed E-state index contributed by atoms with van der Waals surface area (Å²) in [6.07, 6.45) is 0. The number of quaternary nitrogens is 1. The van der Waals surface area contributed by atoms with Crippen molar-refractivity contribution >= 4 is 5.97 Å². The van der Waals surface area contributed by atoms with Crippen LogP contribution in [0.4, 0.5) is 0 Å². The van der Waals surface area contributed by atoms with E-state index in [2.05, 4.69) is 5.73 Å². The maximum atomic E-state index is 11.5. The van der Waals surface area contributed by atoms with Gasteiger partial charge in [-0.3, -0.25) is 10.1 Å². The first-order valence-electron chi connectivity index (χ1n) is 4.69. The van der Waals surface area contributed by atoms with Gasteiger partial charge in [-0.2, -0.15) is 0 Å². The predicted octanol–water partition coefficient (Wildman–Crippen LogP) is -3.00. The van der Waals surface area contributed by atoms with E-state index in [1.807, 2.05) is 0 Å². The van der Waals surface area contributed by atoms with Crippen LogP contribution in [0.15, 0.2) is 0 Å². The molecule has 6 nitrogen and oxygen atoms in total. The fourth-order valence-electron chi connectivity index (χ4n) is 0.789. The summed E-state index contributed by atoms with van der Waals surface area (Å²) in [4.78, 5) is 21.7. The Morgan fingerprint density at radius 1 is 1.31 bits per heavy atom. The Morgan fingerprint density at radius 3 is 1.94 bits per heavy atom. The number of esters is 1. The first-order chi connectivity index (χ1) is 6.48. The minimum absolute atomic E-state index is 0. The summed E-state index contributed by atoms with van der Waals surface area (Å²) in [6, 6.07) is -1.02. The highest BCUT2D eigenvalue weighted by molar-refractivity contribution is 5.75. The molecule has 0 aromatic heterocycles. The molecule has 0 aliphatic rings. The number of hydrogen-bond acceptors (Lipinski definition) is 4. The maximum absolute atomic E-state index is 11.5. The number of carbonyl (C=O) groups is 1. The first kappa shape index (κ1) is 17.5. The molecule has 0 heterocycles. The molecule has 0 aromatic rings. The van der Waals surface area contributed by atoms with E-state index < -0.39 is 28.1 Å². The van der Waals surface area contributed by atoms with Gasteiger partial charge in [-0.25, -0.2) is 4.79 Å². The van der Waals surface area contributed by atoms with Crippen molar-refractivity contribution < 1.29 is 32.6 Å². The zero-order valence-electron chi connectivity index (χ0n) is 10.2. The molecule has 0 rings (SSSR count). The molecular weight excluding hydrogens is 236 g/mol. The second-order valence-electron chi connectivity index (χ2n) is 5.00. The molecule has 3 N–H and O–H groups in total. The van der Waals surface area contributed by atoms with Gasteiger partial charge in [-0.15, -0.1) is 0 Å². The molecule has 0 aliphatic carbocycles. The molecule has 0 saturated heterocycles. The molecule has 0 fully saturated rings. The van der Waals surface area contributed by atoms with Crippen molar-refractivity contribution in [2.24, 2.45) is 0 Å². The van der Waals surface area contributed by atoms with E-state index in [0.29, 0.717) is 0 Å². The smallest absolute Gasteiger partial charge is 0.373 e. The number of carbonyl (C=O) groups excluding carboxylic acids is 1. The van der Waals surface area contributed by atoms with E-state index >= 15 is 0 Å². The molecule has 0 amide bonds. The second-order valence-corrected chi connectivity index (χ2v) is 5.00. The summed E-state index contributed by atoms with van der Waals surface area (Å²) in [6.45, 7) is 7.83. The van der Waals surface area contributed by atoms with Crippen LogP contribution in [0.3, 0.4) is 0 Å². The molecule has 16 heavy (non-hydrogen) atoms. The molecule has 7 heteroatoms. The molecule has 0 aliphatic heterocycles. The molecule has 0 aromatic carbocycles. The molecule has 0 bridgehead atoms. The summed E-state index contributed by atoms with van der Waals surface area (Å²) in [5, 5.41) is 10.7. The maximum Gasteiger partial charge on any atom is 0.373 e. The molecule has 96 valence electrons. The SMILES string of the molecule is CC(C)(C)OC(=O)C([NH3+])C(C)(C)[N+](=O)[O-].[Cl-]. The highest BCUT2D eigenvalue weighted by Crippen LogP contribution is 2.15. The highest BCUT2D eigenvalue weighted by atomic mass is 35.5. The Bertz CT molecular complexity index is 273. The minimum Gasteiger partial charge on any atom is -1.00 e. The predicted molar refractivity (Wildman–Crippen MR) is 53.6 cm³/mol. The standard InChI is InChI=1S/C9H18N2O4.ClH/c1-8(2,3)15-7(12)6(10)9(4,5)11(13)14;/h6H,10H2,1-5H3;1H. The summed E-state index contributed by atoms with van der Waals surface area (Å²) in [5.41, 5.74) is 1.43. The van der Waals surface area contributed by atoms with Gasteiger partial charge in [-0.1, -0.05) is 0 Å². The quantitative estimate of drug-likeness (QED) is 0.330. The number of hydrogen-bond donors (Lipinski definition) is 1. The van der Waals surface area contributed by atoms with Crippen LogP contribution in [0.25, 0.3) is 0 Å². The lowest BCUT2D eigenvalue weighted by molar-refractivity contribution is -0.612. The van der Waals surface area contributed by atoms with Gasteiger partial charge in [0.15, 0.2) is 0 Å². The molecule has 0 radical (unpaired) electrons. The summed E-state index contributed by atoms with van der Waals surface area (Å²) < 4.78 is 5.03. The number of nitro groups is 1. The molecule has 1 atom stereocenters. The van der Waals surface area contributed by atoms with Crippen LogP contribution in [0.2, 0.25) is 0 Å². The third kappa shape index (κ3) is 4.76. The summed E-state index contributed by atoms with van der Waals surface area (Å²) in [5.74, 6) is -0.649. The van der Waals surface area contributed by atoms with Crippen molar-refractivity contribution in [1.29, 1.82) is 0 Å². The lowest BCUT2D eigenvalue weighted by Gasteiger charge is -2.24. The van der Waals surface area contributed by atoms with Crippen molar-refractivity contribution in [3.63, 3.8) is 0 Å². The molecule has 1 unspecified atom stereocenters. The monoisotopic (exact) mass is 254 g/mol. The Labute approximate surface area is 101 Å². The van der Waals surface area contributed by atoms with Crippen LogP contribution in [0, 0.1) is 10.1 Å². The fourth-order valence-corrected chi connectivity index (χ4v) is 0.789. The van der Waals surface area contributed by atoms with Gasteiger partial charge in [0.25, 0.3) is 11.6 Å². The van der Waals surface area contributed by atoms with Gasteiger partial charge < -0.3 is 22.9 Å². The van der Waals surface area contributed by atoms with E-state index in [9.17, 15) is 14.9 Å². The number of halogens is 1. The Morgan fingerprint density at radius 2 is 1.69 bits per heavy atom. The van der Waals surface area contributed by atoms with E-state index in [0.717, 1.165) is 0 Å². The molecular formula is C9H19ClN2O4. The lowest BCUT2D eigenvalue weighted by atomic mass is 9.96. The van der Waals surface area contributed by atoms with Crippen LogP contribution < -0.4 is 18.1 Å². The second kappa shape index (κ2) is 5.45. The van der Waals surface area contributed by atoms with E-state index in [4.69, 9.17) is 4.74 Å². The van der Waals surface area contributed by atoms with Gasteiger partial charge in [0.05, 0.1) is 0 Å². The lowest BCUT2D eigenvalue weighted by Crippen LogP contribution is -3.00. The van der Waals surface area contributed by atoms with Crippen molar-refractivity contribution in [3.05, 3.63) is 10.1 Å².